The van der Waals surface area contributed by atoms with Crippen LogP contribution in [0, 0.1) is 0 Å². The lowest BCUT2D eigenvalue weighted by molar-refractivity contribution is 1.09. The van der Waals surface area contributed by atoms with Crippen LogP contribution in [-0.2, 0) is 0 Å². The Bertz CT molecular complexity index is 332. The molecule has 0 aliphatic carbocycles. The van der Waals surface area contributed by atoms with Gasteiger partial charge < -0.3 is 10.6 Å². The summed E-state index contributed by atoms with van der Waals surface area (Å²) in [5, 5.41) is 5.76. The van der Waals surface area contributed by atoms with Gasteiger partial charge in [0.25, 0.3) is 0 Å². The van der Waals surface area contributed by atoms with E-state index in [4.69, 9.17) is 0 Å². The first-order valence-corrected chi connectivity index (χ1v) is 4.22. The zero-order chi connectivity index (χ0) is 10.2. The summed E-state index contributed by atoms with van der Waals surface area (Å²) in [4.78, 5) is 12.0. The number of hydrogen-bond acceptors (Lipinski definition) is 5. The molecule has 14 heavy (non-hydrogen) atoms. The van der Waals surface area contributed by atoms with Gasteiger partial charge in [-0.2, -0.15) is 0 Å². The molecule has 0 aliphatic heterocycles. The van der Waals surface area contributed by atoms with Gasteiger partial charge in [-0.25, -0.2) is 9.97 Å². The van der Waals surface area contributed by atoms with Gasteiger partial charge >= 0.3 is 0 Å². The largest absolute Gasteiger partial charge is 0.393 e. The van der Waals surface area contributed by atoms with E-state index in [-0.39, 0.29) is 0 Å². The van der Waals surface area contributed by atoms with Crippen molar-refractivity contribution in [2.24, 2.45) is 4.99 Å². The number of rotatable bonds is 4. The van der Waals surface area contributed by atoms with Crippen LogP contribution in [0.2, 0.25) is 0 Å². The molecule has 1 rings (SSSR count). The smallest absolute Gasteiger partial charge is 0.129 e. The Labute approximate surface area is 83.0 Å². The maximum atomic E-state index is 4.03. The summed E-state index contributed by atoms with van der Waals surface area (Å²) in [6.45, 7) is 0. The fourth-order valence-corrected chi connectivity index (χ4v) is 0.817. The molecule has 1 aromatic heterocycles. The van der Waals surface area contributed by atoms with Gasteiger partial charge in [0.05, 0.1) is 11.9 Å². The van der Waals surface area contributed by atoms with Crippen molar-refractivity contribution in [3.63, 3.8) is 0 Å². The number of aromatic nitrogens is 2. The number of nitrogens with zero attached hydrogens (tertiary/aromatic N) is 3. The third-order valence-corrected chi connectivity index (χ3v) is 1.48. The highest BCUT2D eigenvalue weighted by molar-refractivity contribution is 5.78. The van der Waals surface area contributed by atoms with Crippen molar-refractivity contribution < 1.29 is 0 Å². The second-order valence-corrected chi connectivity index (χ2v) is 2.46. The molecule has 0 aliphatic rings. The van der Waals surface area contributed by atoms with Crippen LogP contribution in [0.5, 0.6) is 0 Å². The first kappa shape index (κ1) is 10.2. The molecule has 74 valence electrons. The molecule has 0 bridgehead atoms. The first-order valence-electron chi connectivity index (χ1n) is 4.22. The van der Waals surface area contributed by atoms with Crippen LogP contribution < -0.4 is 10.6 Å². The van der Waals surface area contributed by atoms with E-state index in [1.54, 1.807) is 18.6 Å². The average molecular weight is 191 g/mol. The summed E-state index contributed by atoms with van der Waals surface area (Å²) in [7, 11) is 3.62. The molecular formula is C9H13N5. The van der Waals surface area contributed by atoms with Crippen LogP contribution in [-0.4, -0.2) is 30.3 Å². The summed E-state index contributed by atoms with van der Waals surface area (Å²) in [5.41, 5.74) is 0.769. The van der Waals surface area contributed by atoms with E-state index in [0.29, 0.717) is 0 Å². The van der Waals surface area contributed by atoms with Crippen LogP contribution in [0.25, 0.3) is 0 Å². The molecule has 0 radical (unpaired) electrons. The SMILES string of the molecule is CN/C=C\N=C\c1cc(NC)ncn1. The van der Waals surface area contributed by atoms with Crippen LogP contribution >= 0.6 is 0 Å². The molecule has 1 heterocycles. The van der Waals surface area contributed by atoms with Crippen molar-refractivity contribution in [3.05, 3.63) is 30.5 Å². The van der Waals surface area contributed by atoms with Crippen LogP contribution in [0.1, 0.15) is 5.69 Å². The van der Waals surface area contributed by atoms with Crippen LogP contribution in [0.3, 0.4) is 0 Å². The van der Waals surface area contributed by atoms with Crippen molar-refractivity contribution in [1.82, 2.24) is 15.3 Å². The molecule has 0 unspecified atom stereocenters. The van der Waals surface area contributed by atoms with E-state index in [1.807, 2.05) is 20.2 Å². The second kappa shape index (κ2) is 5.69. The molecule has 0 fully saturated rings. The maximum absolute atomic E-state index is 4.03. The zero-order valence-electron chi connectivity index (χ0n) is 8.23. The summed E-state index contributed by atoms with van der Waals surface area (Å²) < 4.78 is 0. The van der Waals surface area contributed by atoms with Crippen molar-refractivity contribution in [2.75, 3.05) is 19.4 Å². The third-order valence-electron chi connectivity index (χ3n) is 1.48. The van der Waals surface area contributed by atoms with Gasteiger partial charge in [0.15, 0.2) is 0 Å². The minimum absolute atomic E-state index is 0.769. The minimum atomic E-state index is 0.769. The highest BCUT2D eigenvalue weighted by atomic mass is 15.0. The maximum Gasteiger partial charge on any atom is 0.129 e. The predicted molar refractivity (Wildman–Crippen MR) is 57.4 cm³/mol. The fraction of sp³-hybridized carbons (Fsp3) is 0.222. The summed E-state index contributed by atoms with van der Waals surface area (Å²) in [6, 6.07) is 1.82. The lowest BCUT2D eigenvalue weighted by Crippen LogP contribution is -1.95. The number of anilines is 1. The monoisotopic (exact) mass is 191 g/mol. The molecule has 0 atom stereocenters. The Balaban J connectivity index is 2.66. The Morgan fingerprint density at radius 2 is 2.21 bits per heavy atom. The van der Waals surface area contributed by atoms with Gasteiger partial charge in [-0.15, -0.1) is 0 Å². The highest BCUT2D eigenvalue weighted by Crippen LogP contribution is 1.99. The normalized spacial score (nSPS) is 11.0. The standard InChI is InChI=1S/C9H13N5/c1-10-3-4-12-6-8-5-9(11-2)14-7-13-8/h3-7,10H,1-2H3,(H,11,13,14)/b4-3-,12-6+. The van der Waals surface area contributed by atoms with E-state index in [2.05, 4.69) is 25.6 Å². The molecule has 5 heteroatoms. The molecule has 0 saturated heterocycles. The highest BCUT2D eigenvalue weighted by Gasteiger charge is 1.91. The van der Waals surface area contributed by atoms with E-state index in [1.165, 1.54) is 6.33 Å². The Kier molecular flexibility index (Phi) is 4.13. The van der Waals surface area contributed by atoms with Crippen molar-refractivity contribution >= 4 is 12.0 Å². The lowest BCUT2D eigenvalue weighted by atomic mass is 10.4. The first-order chi connectivity index (χ1) is 6.86. The van der Waals surface area contributed by atoms with Gasteiger partial charge in [-0.05, 0) is 0 Å². The second-order valence-electron chi connectivity index (χ2n) is 2.46. The molecular weight excluding hydrogens is 178 g/mol. The van der Waals surface area contributed by atoms with E-state index >= 15 is 0 Å². The predicted octanol–water partition coefficient (Wildman–Crippen LogP) is 0.628. The summed E-state index contributed by atoms with van der Waals surface area (Å²) in [6.07, 6.45) is 6.54. The van der Waals surface area contributed by atoms with Gasteiger partial charge in [0.2, 0.25) is 0 Å². The van der Waals surface area contributed by atoms with Crippen LogP contribution in [0.15, 0.2) is 29.8 Å². The Hall–Kier alpha value is -1.91. The quantitative estimate of drug-likeness (QED) is 0.685. The molecule has 0 amide bonds. The van der Waals surface area contributed by atoms with Crippen molar-refractivity contribution in [2.45, 2.75) is 0 Å². The van der Waals surface area contributed by atoms with Crippen molar-refractivity contribution in [3.8, 4) is 0 Å². The molecule has 0 saturated carbocycles. The van der Waals surface area contributed by atoms with E-state index < -0.39 is 0 Å². The topological polar surface area (TPSA) is 62.2 Å². The summed E-state index contributed by atoms with van der Waals surface area (Å²) in [5.74, 6) is 0.777. The lowest BCUT2D eigenvalue weighted by Gasteiger charge is -1.97. The number of hydrogen-bond donors (Lipinski definition) is 2. The van der Waals surface area contributed by atoms with Crippen LogP contribution in [0.4, 0.5) is 5.82 Å². The van der Waals surface area contributed by atoms with E-state index in [9.17, 15) is 0 Å². The molecule has 0 spiro atoms. The Morgan fingerprint density at radius 3 is 2.93 bits per heavy atom. The third kappa shape index (κ3) is 3.22. The molecule has 5 nitrogen and oxygen atoms in total. The van der Waals surface area contributed by atoms with Crippen molar-refractivity contribution in [1.29, 1.82) is 0 Å². The fourth-order valence-electron chi connectivity index (χ4n) is 0.817. The average Bonchev–Trinajstić information content (AvgIpc) is 2.25. The summed E-state index contributed by atoms with van der Waals surface area (Å²) >= 11 is 0. The van der Waals surface area contributed by atoms with E-state index in [0.717, 1.165) is 11.5 Å². The van der Waals surface area contributed by atoms with Gasteiger partial charge in [-0.1, -0.05) is 0 Å². The van der Waals surface area contributed by atoms with Gasteiger partial charge in [0.1, 0.15) is 12.1 Å². The number of nitrogens with one attached hydrogen (secondary N) is 2. The molecule has 1 aromatic rings. The molecule has 2 N–H and O–H groups in total. The van der Waals surface area contributed by atoms with Gasteiger partial charge in [-0.3, -0.25) is 4.99 Å². The van der Waals surface area contributed by atoms with Gasteiger partial charge in [0, 0.05) is 32.6 Å². The minimum Gasteiger partial charge on any atom is -0.393 e. The zero-order valence-corrected chi connectivity index (χ0v) is 8.23. The molecule has 0 aromatic carbocycles. The Morgan fingerprint density at radius 1 is 1.36 bits per heavy atom. The number of aliphatic imine (C=N–C) groups is 1.